The summed E-state index contributed by atoms with van der Waals surface area (Å²) in [7, 11) is 0. The minimum Gasteiger partial charge on any atom is -0.462 e. The van der Waals surface area contributed by atoms with E-state index in [2.05, 4.69) is 0 Å². The molecule has 0 bridgehead atoms. The first-order valence-electron chi connectivity index (χ1n) is 6.50. The number of esters is 1. The largest absolute Gasteiger partial charge is 0.462 e. The maximum Gasteiger partial charge on any atom is 0.343 e. The van der Waals surface area contributed by atoms with Crippen LogP contribution in [0.1, 0.15) is 29.8 Å². The van der Waals surface area contributed by atoms with Crippen molar-refractivity contribution in [1.29, 1.82) is 0 Å². The summed E-state index contributed by atoms with van der Waals surface area (Å²) in [6, 6.07) is 3.47. The highest BCUT2D eigenvalue weighted by Gasteiger charge is 2.16. The summed E-state index contributed by atoms with van der Waals surface area (Å²) in [6.07, 6.45) is 1.54. The van der Waals surface area contributed by atoms with Gasteiger partial charge in [-0.2, -0.15) is 0 Å². The molecule has 0 saturated heterocycles. The van der Waals surface area contributed by atoms with Crippen LogP contribution in [-0.4, -0.2) is 17.1 Å². The molecule has 0 atom stereocenters. The maximum absolute atomic E-state index is 12.4. The Labute approximate surface area is 121 Å². The predicted molar refractivity (Wildman–Crippen MR) is 79.6 cm³/mol. The normalized spacial score (nSPS) is 10.8. The van der Waals surface area contributed by atoms with E-state index in [1.807, 2.05) is 18.4 Å². The molecular weight excluding hydrogens is 278 g/mol. The van der Waals surface area contributed by atoms with E-state index in [1.54, 1.807) is 19.1 Å². The van der Waals surface area contributed by atoms with Gasteiger partial charge in [0.25, 0.3) is 0 Å². The van der Waals surface area contributed by atoms with Gasteiger partial charge in [0.1, 0.15) is 5.56 Å². The molecule has 4 nitrogen and oxygen atoms in total. The molecule has 1 aromatic heterocycles. The molecular formula is C15H16ClNO3. The Kier molecular flexibility index (Phi) is 4.14. The van der Waals surface area contributed by atoms with Gasteiger partial charge in [0.2, 0.25) is 5.43 Å². The first-order valence-corrected chi connectivity index (χ1v) is 6.87. The Bertz CT molecular complexity index is 734. The molecule has 5 heteroatoms. The van der Waals surface area contributed by atoms with Crippen LogP contribution >= 0.6 is 11.6 Å². The van der Waals surface area contributed by atoms with E-state index >= 15 is 0 Å². The van der Waals surface area contributed by atoms with Crippen molar-refractivity contribution < 1.29 is 9.53 Å². The lowest BCUT2D eigenvalue weighted by atomic mass is 10.1. The van der Waals surface area contributed by atoms with Gasteiger partial charge in [-0.3, -0.25) is 4.79 Å². The van der Waals surface area contributed by atoms with Crippen LogP contribution in [0.4, 0.5) is 0 Å². The highest BCUT2D eigenvalue weighted by molar-refractivity contribution is 6.32. The fraction of sp³-hybridized carbons (Fsp3) is 0.333. The van der Waals surface area contributed by atoms with Crippen LogP contribution in [0.3, 0.4) is 0 Å². The fourth-order valence-corrected chi connectivity index (χ4v) is 2.29. The molecule has 0 radical (unpaired) electrons. The first kappa shape index (κ1) is 14.6. The van der Waals surface area contributed by atoms with Gasteiger partial charge in [0.05, 0.1) is 12.1 Å². The third-order valence-corrected chi connectivity index (χ3v) is 3.60. The first-order chi connectivity index (χ1) is 9.49. The van der Waals surface area contributed by atoms with Crippen LogP contribution in [0.25, 0.3) is 10.9 Å². The van der Waals surface area contributed by atoms with Gasteiger partial charge in [-0.15, -0.1) is 0 Å². The lowest BCUT2D eigenvalue weighted by molar-refractivity contribution is 0.0524. The van der Waals surface area contributed by atoms with Gasteiger partial charge in [-0.25, -0.2) is 4.79 Å². The Morgan fingerprint density at radius 1 is 1.35 bits per heavy atom. The number of hydrogen-bond donors (Lipinski definition) is 0. The average Bonchev–Trinajstić information content (AvgIpc) is 2.42. The van der Waals surface area contributed by atoms with Crippen LogP contribution in [0, 0.1) is 6.92 Å². The number of rotatable bonds is 3. The van der Waals surface area contributed by atoms with E-state index in [-0.39, 0.29) is 17.6 Å². The molecule has 0 unspecified atom stereocenters. The second-order valence-electron chi connectivity index (χ2n) is 4.50. The third-order valence-electron chi connectivity index (χ3n) is 3.20. The number of hydrogen-bond acceptors (Lipinski definition) is 3. The van der Waals surface area contributed by atoms with Gasteiger partial charge < -0.3 is 9.30 Å². The van der Waals surface area contributed by atoms with Crippen molar-refractivity contribution in [2.45, 2.75) is 27.3 Å². The number of carbonyl (C=O) groups excluding carboxylic acids is 1. The highest BCUT2D eigenvalue weighted by Crippen LogP contribution is 2.22. The van der Waals surface area contributed by atoms with Gasteiger partial charge in [0.15, 0.2) is 0 Å². The van der Waals surface area contributed by atoms with Crippen molar-refractivity contribution in [2.75, 3.05) is 6.61 Å². The van der Waals surface area contributed by atoms with Crippen LogP contribution in [0.2, 0.25) is 5.02 Å². The number of aryl methyl sites for hydroxylation is 2. The molecule has 1 aromatic carbocycles. The molecule has 2 aromatic rings. The summed E-state index contributed by atoms with van der Waals surface area (Å²) in [5.74, 6) is -0.589. The molecule has 2 rings (SSSR count). The minimum absolute atomic E-state index is 0.0583. The number of aromatic nitrogens is 1. The quantitative estimate of drug-likeness (QED) is 0.817. The van der Waals surface area contributed by atoms with E-state index < -0.39 is 5.97 Å². The summed E-state index contributed by atoms with van der Waals surface area (Å²) < 4.78 is 6.76. The monoisotopic (exact) mass is 293 g/mol. The van der Waals surface area contributed by atoms with E-state index in [4.69, 9.17) is 16.3 Å². The standard InChI is InChI=1S/C15H16ClNO3/c1-4-17-8-11(15(19)20-5-2)14(18)10-6-9(3)12(16)7-13(10)17/h6-8H,4-5H2,1-3H3. The predicted octanol–water partition coefficient (Wildman–Crippen LogP) is 3.16. The zero-order valence-electron chi connectivity index (χ0n) is 11.7. The maximum atomic E-state index is 12.4. The minimum atomic E-state index is -0.589. The van der Waals surface area contributed by atoms with Crippen molar-refractivity contribution in [3.05, 3.63) is 44.7 Å². The molecule has 0 aliphatic rings. The number of halogens is 1. The van der Waals surface area contributed by atoms with Crippen molar-refractivity contribution in [3.8, 4) is 0 Å². The van der Waals surface area contributed by atoms with Crippen LogP contribution in [0.15, 0.2) is 23.1 Å². The Balaban J connectivity index is 2.81. The van der Waals surface area contributed by atoms with Gasteiger partial charge in [0, 0.05) is 23.2 Å². The number of carbonyl (C=O) groups is 1. The second-order valence-corrected chi connectivity index (χ2v) is 4.90. The summed E-state index contributed by atoms with van der Waals surface area (Å²) in [4.78, 5) is 24.3. The number of ether oxygens (including phenoxy) is 1. The van der Waals surface area contributed by atoms with E-state index in [0.29, 0.717) is 17.0 Å². The Hall–Kier alpha value is -1.81. The van der Waals surface area contributed by atoms with Gasteiger partial charge >= 0.3 is 5.97 Å². The third kappa shape index (κ3) is 2.43. The Morgan fingerprint density at radius 3 is 2.65 bits per heavy atom. The average molecular weight is 294 g/mol. The molecule has 1 heterocycles. The van der Waals surface area contributed by atoms with Crippen molar-refractivity contribution in [3.63, 3.8) is 0 Å². The summed E-state index contributed by atoms with van der Waals surface area (Å²) in [5.41, 5.74) is 1.27. The molecule has 0 saturated carbocycles. The number of nitrogens with zero attached hydrogens (tertiary/aromatic N) is 1. The summed E-state index contributed by atoms with van der Waals surface area (Å²) >= 11 is 6.11. The number of pyridine rings is 1. The molecule has 0 fully saturated rings. The fourth-order valence-electron chi connectivity index (χ4n) is 2.14. The summed E-state index contributed by atoms with van der Waals surface area (Å²) in [5, 5.41) is 1.09. The lowest BCUT2D eigenvalue weighted by Gasteiger charge is -2.12. The van der Waals surface area contributed by atoms with Crippen LogP contribution in [-0.2, 0) is 11.3 Å². The molecule has 0 N–H and O–H groups in total. The van der Waals surface area contributed by atoms with Crippen molar-refractivity contribution >= 4 is 28.5 Å². The number of fused-ring (bicyclic) bond motifs is 1. The van der Waals surface area contributed by atoms with Gasteiger partial charge in [-0.05, 0) is 38.5 Å². The summed E-state index contributed by atoms with van der Waals surface area (Å²) in [6.45, 7) is 6.34. The molecule has 0 aliphatic heterocycles. The molecule has 0 aliphatic carbocycles. The van der Waals surface area contributed by atoms with Gasteiger partial charge in [-0.1, -0.05) is 11.6 Å². The van der Waals surface area contributed by atoms with E-state index in [0.717, 1.165) is 11.1 Å². The SMILES string of the molecule is CCOC(=O)c1cn(CC)c2cc(Cl)c(C)cc2c1=O. The second kappa shape index (κ2) is 5.67. The lowest BCUT2D eigenvalue weighted by Crippen LogP contribution is -2.20. The Morgan fingerprint density at radius 2 is 2.05 bits per heavy atom. The molecule has 106 valence electrons. The zero-order valence-corrected chi connectivity index (χ0v) is 12.5. The molecule has 20 heavy (non-hydrogen) atoms. The zero-order chi connectivity index (χ0) is 14.9. The highest BCUT2D eigenvalue weighted by atomic mass is 35.5. The van der Waals surface area contributed by atoms with Crippen molar-refractivity contribution in [1.82, 2.24) is 4.57 Å². The van der Waals surface area contributed by atoms with E-state index in [9.17, 15) is 9.59 Å². The van der Waals surface area contributed by atoms with Crippen LogP contribution < -0.4 is 5.43 Å². The molecule has 0 spiro atoms. The van der Waals surface area contributed by atoms with Crippen LogP contribution in [0.5, 0.6) is 0 Å². The smallest absolute Gasteiger partial charge is 0.343 e. The van der Waals surface area contributed by atoms with Crippen molar-refractivity contribution in [2.24, 2.45) is 0 Å². The molecule has 0 amide bonds. The van der Waals surface area contributed by atoms with E-state index in [1.165, 1.54) is 6.20 Å². The number of benzene rings is 1. The topological polar surface area (TPSA) is 48.3 Å².